The number of ether oxygens (including phenoxy) is 3. The van der Waals surface area contributed by atoms with Gasteiger partial charge in [-0.25, -0.2) is 4.79 Å². The number of hydrogen-bond acceptors (Lipinski definition) is 7. The number of rotatable bonds is 10. The molecular formula is C31H28O6S. The zero-order valence-corrected chi connectivity index (χ0v) is 22.1. The molecule has 0 N–H and O–H groups in total. The number of hydrogen-bond donors (Lipinski definition) is 0. The van der Waals surface area contributed by atoms with Crippen LogP contribution >= 0.6 is 11.8 Å². The minimum absolute atomic E-state index is 0.0679. The van der Waals surface area contributed by atoms with E-state index in [1.807, 2.05) is 36.4 Å². The smallest absolute Gasteiger partial charge is 0.338 e. The van der Waals surface area contributed by atoms with Crippen LogP contribution in [-0.4, -0.2) is 23.7 Å². The van der Waals surface area contributed by atoms with Crippen LogP contribution in [0.5, 0.6) is 11.5 Å². The molecule has 6 nitrogen and oxygen atoms in total. The van der Waals surface area contributed by atoms with Gasteiger partial charge in [-0.2, -0.15) is 0 Å². The fraction of sp³-hybridized carbons (Fsp3) is 0.194. The van der Waals surface area contributed by atoms with E-state index in [0.29, 0.717) is 29.9 Å². The zero-order valence-electron chi connectivity index (χ0n) is 21.3. The van der Waals surface area contributed by atoms with E-state index < -0.39 is 5.97 Å². The molecule has 0 fully saturated rings. The average molecular weight is 529 g/mol. The first-order valence-electron chi connectivity index (χ1n) is 12.2. The molecule has 0 amide bonds. The van der Waals surface area contributed by atoms with Gasteiger partial charge in [0.1, 0.15) is 11.5 Å². The van der Waals surface area contributed by atoms with Gasteiger partial charge in [-0.3, -0.25) is 9.59 Å². The van der Waals surface area contributed by atoms with Gasteiger partial charge in [0.2, 0.25) is 5.12 Å². The van der Waals surface area contributed by atoms with Gasteiger partial charge in [-0.05, 0) is 95.9 Å². The summed E-state index contributed by atoms with van der Waals surface area (Å²) in [5.41, 5.74) is 5.41. The van der Waals surface area contributed by atoms with Crippen LogP contribution in [0.3, 0.4) is 0 Å². The topological polar surface area (TPSA) is 78.9 Å². The van der Waals surface area contributed by atoms with E-state index in [4.69, 9.17) is 14.2 Å². The molecule has 0 saturated carbocycles. The van der Waals surface area contributed by atoms with Crippen LogP contribution < -0.4 is 9.47 Å². The lowest BCUT2D eigenvalue weighted by Gasteiger charge is -2.10. The van der Waals surface area contributed by atoms with Crippen LogP contribution in [0, 0.1) is 0 Å². The predicted octanol–water partition coefficient (Wildman–Crippen LogP) is 7.08. The molecule has 0 bridgehead atoms. The second kappa shape index (κ2) is 12.0. The first kappa shape index (κ1) is 26.9. The third kappa shape index (κ3) is 6.23. The fourth-order valence-corrected chi connectivity index (χ4v) is 4.92. The SMILES string of the molecule is C=COC(=O)CCCOc1ccc2c(c1)C(C)c1cc(C(=O)Sc3ccc(OC(=O)C(=C)C)cc3)ccc1-2. The molecule has 1 unspecified atom stereocenters. The van der Waals surface area contributed by atoms with E-state index >= 15 is 0 Å². The Labute approximate surface area is 226 Å². The highest BCUT2D eigenvalue weighted by atomic mass is 32.2. The minimum atomic E-state index is -0.487. The Morgan fingerprint density at radius 1 is 0.947 bits per heavy atom. The van der Waals surface area contributed by atoms with Gasteiger partial charge >= 0.3 is 11.9 Å². The Balaban J connectivity index is 1.40. The average Bonchev–Trinajstić information content (AvgIpc) is 3.18. The Kier molecular flexibility index (Phi) is 8.48. The highest BCUT2D eigenvalue weighted by Gasteiger charge is 2.27. The van der Waals surface area contributed by atoms with E-state index in [0.717, 1.165) is 50.9 Å². The third-order valence-electron chi connectivity index (χ3n) is 6.14. The quantitative estimate of drug-likeness (QED) is 0.0695. The number of carbonyl (C=O) groups is 3. The van der Waals surface area contributed by atoms with Crippen molar-refractivity contribution in [3.63, 3.8) is 0 Å². The van der Waals surface area contributed by atoms with Crippen molar-refractivity contribution in [1.29, 1.82) is 0 Å². The van der Waals surface area contributed by atoms with Crippen molar-refractivity contribution in [3.8, 4) is 22.6 Å². The van der Waals surface area contributed by atoms with Gasteiger partial charge in [-0.1, -0.05) is 32.2 Å². The summed E-state index contributed by atoms with van der Waals surface area (Å²) in [6.07, 6.45) is 1.94. The van der Waals surface area contributed by atoms with Crippen LogP contribution in [-0.2, 0) is 14.3 Å². The molecular weight excluding hydrogens is 500 g/mol. The third-order valence-corrected chi connectivity index (χ3v) is 7.06. The lowest BCUT2D eigenvalue weighted by molar-refractivity contribution is -0.138. The van der Waals surface area contributed by atoms with Crippen molar-refractivity contribution in [1.82, 2.24) is 0 Å². The second-order valence-electron chi connectivity index (χ2n) is 8.91. The van der Waals surface area contributed by atoms with Crippen LogP contribution in [0.2, 0.25) is 0 Å². The first-order valence-corrected chi connectivity index (χ1v) is 13.0. The van der Waals surface area contributed by atoms with Crippen LogP contribution in [0.1, 0.15) is 54.1 Å². The molecule has 1 aliphatic rings. The lowest BCUT2D eigenvalue weighted by atomic mass is 9.98. The maximum absolute atomic E-state index is 13.0. The second-order valence-corrected chi connectivity index (χ2v) is 9.96. The Hall–Kier alpha value is -4.10. The van der Waals surface area contributed by atoms with Crippen molar-refractivity contribution in [2.24, 2.45) is 0 Å². The molecule has 38 heavy (non-hydrogen) atoms. The molecule has 194 valence electrons. The predicted molar refractivity (Wildman–Crippen MR) is 147 cm³/mol. The van der Waals surface area contributed by atoms with Gasteiger partial charge < -0.3 is 14.2 Å². The van der Waals surface area contributed by atoms with Crippen LogP contribution in [0.4, 0.5) is 0 Å². The molecule has 3 aromatic rings. The number of fused-ring (bicyclic) bond motifs is 3. The number of carbonyl (C=O) groups excluding carboxylic acids is 3. The van der Waals surface area contributed by atoms with E-state index in [-0.39, 0.29) is 23.4 Å². The number of esters is 2. The molecule has 1 aliphatic carbocycles. The van der Waals surface area contributed by atoms with Crippen molar-refractivity contribution in [2.45, 2.75) is 37.5 Å². The summed E-state index contributed by atoms with van der Waals surface area (Å²) in [4.78, 5) is 36.9. The molecule has 0 saturated heterocycles. The zero-order chi connectivity index (χ0) is 27.2. The summed E-state index contributed by atoms with van der Waals surface area (Å²) in [6.45, 7) is 11.0. The minimum Gasteiger partial charge on any atom is -0.494 e. The highest BCUT2D eigenvalue weighted by Crippen LogP contribution is 2.46. The van der Waals surface area contributed by atoms with Crippen molar-refractivity contribution in [3.05, 3.63) is 102 Å². The summed E-state index contributed by atoms with van der Waals surface area (Å²) in [5, 5.41) is -0.0679. The van der Waals surface area contributed by atoms with Gasteiger partial charge in [0.05, 0.1) is 12.9 Å². The van der Waals surface area contributed by atoms with E-state index in [9.17, 15) is 14.4 Å². The molecule has 0 aliphatic heterocycles. The van der Waals surface area contributed by atoms with Gasteiger partial charge in [0, 0.05) is 28.4 Å². The standard InChI is InChI=1S/C31H28O6S/c1-5-35-29(32)7-6-16-36-23-11-15-26-25-14-8-21(17-27(25)20(4)28(26)18-23)31(34)38-24-12-9-22(10-13-24)37-30(33)19(2)3/h5,8-15,17-18,20H,1-2,6-7,16H2,3-4H3. The molecule has 3 aromatic carbocycles. The summed E-state index contributed by atoms with van der Waals surface area (Å²) in [6, 6.07) is 18.6. The Bertz CT molecular complexity index is 1410. The Morgan fingerprint density at radius 3 is 2.29 bits per heavy atom. The molecule has 1 atom stereocenters. The molecule has 0 aromatic heterocycles. The first-order chi connectivity index (χ1) is 18.3. The fourth-order valence-electron chi connectivity index (χ4n) is 4.19. The van der Waals surface area contributed by atoms with Gasteiger partial charge in [0.15, 0.2) is 0 Å². The van der Waals surface area contributed by atoms with Crippen molar-refractivity contribution in [2.75, 3.05) is 6.61 Å². The van der Waals surface area contributed by atoms with Crippen LogP contribution in [0.25, 0.3) is 11.1 Å². The largest absolute Gasteiger partial charge is 0.494 e. The summed E-state index contributed by atoms with van der Waals surface area (Å²) in [5.74, 6) is 0.430. The number of thioether (sulfide) groups is 1. The molecule has 0 radical (unpaired) electrons. The lowest BCUT2D eigenvalue weighted by Crippen LogP contribution is -2.07. The summed E-state index contributed by atoms with van der Waals surface area (Å²) >= 11 is 1.12. The van der Waals surface area contributed by atoms with Crippen molar-refractivity contribution < 1.29 is 28.6 Å². The van der Waals surface area contributed by atoms with Gasteiger partial charge in [-0.15, -0.1) is 0 Å². The van der Waals surface area contributed by atoms with Crippen molar-refractivity contribution >= 4 is 28.8 Å². The maximum atomic E-state index is 13.0. The monoisotopic (exact) mass is 528 g/mol. The Morgan fingerprint density at radius 2 is 1.61 bits per heavy atom. The highest BCUT2D eigenvalue weighted by molar-refractivity contribution is 8.14. The molecule has 0 heterocycles. The molecule has 4 rings (SSSR count). The summed E-state index contributed by atoms with van der Waals surface area (Å²) < 4.78 is 15.8. The van der Waals surface area contributed by atoms with Gasteiger partial charge in [0.25, 0.3) is 0 Å². The molecule has 0 spiro atoms. The van der Waals surface area contributed by atoms with E-state index in [2.05, 4.69) is 20.1 Å². The summed E-state index contributed by atoms with van der Waals surface area (Å²) in [7, 11) is 0. The normalized spacial score (nSPS) is 13.2. The van der Waals surface area contributed by atoms with E-state index in [1.54, 1.807) is 31.2 Å². The molecule has 7 heteroatoms. The maximum Gasteiger partial charge on any atom is 0.338 e. The van der Waals surface area contributed by atoms with E-state index in [1.165, 1.54) is 0 Å². The number of benzene rings is 3. The van der Waals surface area contributed by atoms with Crippen LogP contribution in [0.15, 0.2) is 90.6 Å².